The fourth-order valence-corrected chi connectivity index (χ4v) is 7.21. The van der Waals surface area contributed by atoms with Gasteiger partial charge in [0.1, 0.15) is 19.8 Å². The fourth-order valence-electron chi connectivity index (χ4n) is 5.99. The molecule has 58 heavy (non-hydrogen) atoms. The van der Waals surface area contributed by atoms with Crippen LogP contribution in [0.1, 0.15) is 122 Å². The lowest BCUT2D eigenvalue weighted by Crippen LogP contribution is -2.37. The van der Waals surface area contributed by atoms with Gasteiger partial charge in [-0.1, -0.05) is 144 Å². The van der Waals surface area contributed by atoms with E-state index in [9.17, 15) is 23.8 Å². The molecule has 328 valence electrons. The Labute approximate surface area is 357 Å². The number of likely N-dealkylation sites (N-methyl/N-ethyl adjacent to an activating group) is 1. The molecule has 0 aliphatic rings. The number of esters is 2. The smallest absolute Gasteiger partial charge is 0.308 e. The van der Waals surface area contributed by atoms with Crippen LogP contribution in [0.5, 0.6) is 0 Å². The van der Waals surface area contributed by atoms with E-state index in [0.29, 0.717) is 44.4 Å². The zero-order chi connectivity index (χ0) is 42.7. The van der Waals surface area contributed by atoms with Crippen molar-refractivity contribution in [2.24, 2.45) is 0 Å². The monoisotopic (exact) mass is 871 g/mol. The van der Waals surface area contributed by atoms with Crippen molar-refractivity contribution in [3.8, 4) is 0 Å². The SMILES string of the molecule is CCCCCCCCCCCCCCCCCC(=O)OC[C@H](COP(=O)([O-])OCC[N+](C)(C)C)OC(=O)CCNC(=O)Cc1ccccc1Nc1c(Cl)cccc1Cl. The quantitative estimate of drug-likeness (QED) is 0.0307. The topological polar surface area (TPSA) is 152 Å². The molecule has 1 unspecified atom stereocenters. The minimum Gasteiger partial charge on any atom is -0.756 e. The molecule has 1 amide bonds. The minimum absolute atomic E-state index is 0.00105. The van der Waals surface area contributed by atoms with Crippen LogP contribution in [-0.4, -0.2) is 82.5 Å². The molecule has 0 radical (unpaired) electrons. The van der Waals surface area contributed by atoms with Gasteiger partial charge in [-0.2, -0.15) is 0 Å². The van der Waals surface area contributed by atoms with Crippen LogP contribution < -0.4 is 15.5 Å². The maximum atomic E-state index is 12.8. The van der Waals surface area contributed by atoms with Crippen molar-refractivity contribution in [1.29, 1.82) is 0 Å². The highest BCUT2D eigenvalue weighted by molar-refractivity contribution is 7.45. The standard InChI is InChI=1S/C43H68Cl2N3O9P/c1-5-6-7-8-9-10-11-12-13-14-15-16-17-18-19-27-41(50)54-33-36(34-56-58(52,53)55-31-30-48(2,3)4)57-42(51)28-29-46-40(49)32-35-23-20-21-26-39(35)47-43-37(44)24-22-25-38(43)45/h20-26,36,47H,5-19,27-34H2,1-4H3,(H-,46,49,52,53)/t36-/m1/s1. The number of nitrogens with zero attached hydrogens (tertiary/aromatic N) is 1. The van der Waals surface area contributed by atoms with E-state index in [-0.39, 0.29) is 38.3 Å². The summed E-state index contributed by atoms with van der Waals surface area (Å²) in [4.78, 5) is 50.6. The first kappa shape index (κ1) is 51.4. The molecular weight excluding hydrogens is 804 g/mol. The molecule has 0 spiro atoms. The lowest BCUT2D eigenvalue weighted by molar-refractivity contribution is -0.870. The first-order chi connectivity index (χ1) is 27.7. The first-order valence-corrected chi connectivity index (χ1v) is 23.2. The molecule has 15 heteroatoms. The first-order valence-electron chi connectivity index (χ1n) is 21.0. The van der Waals surface area contributed by atoms with Gasteiger partial charge in [-0.15, -0.1) is 0 Å². The van der Waals surface area contributed by atoms with Gasteiger partial charge in [0.05, 0.1) is 56.3 Å². The Balaban J connectivity index is 1.77. The van der Waals surface area contributed by atoms with Crippen LogP contribution in [-0.2, 0) is 43.9 Å². The van der Waals surface area contributed by atoms with Gasteiger partial charge in [-0.05, 0) is 30.2 Å². The molecule has 0 bridgehead atoms. The maximum Gasteiger partial charge on any atom is 0.308 e. The lowest BCUT2D eigenvalue weighted by atomic mass is 10.0. The second-order valence-corrected chi connectivity index (χ2v) is 18.0. The summed E-state index contributed by atoms with van der Waals surface area (Å²) >= 11 is 12.6. The molecular formula is C43H68Cl2N3O9P. The summed E-state index contributed by atoms with van der Waals surface area (Å²) in [5, 5.41) is 6.74. The lowest BCUT2D eigenvalue weighted by Gasteiger charge is -2.28. The summed E-state index contributed by atoms with van der Waals surface area (Å²) in [6, 6.07) is 12.3. The van der Waals surface area contributed by atoms with E-state index in [1.54, 1.807) is 36.4 Å². The number of rotatable bonds is 33. The minimum atomic E-state index is -4.74. The Morgan fingerprint density at radius 1 is 0.741 bits per heavy atom. The van der Waals surface area contributed by atoms with Gasteiger partial charge in [0.25, 0.3) is 7.82 Å². The van der Waals surface area contributed by atoms with Gasteiger partial charge in [0, 0.05) is 18.7 Å². The molecule has 0 saturated heterocycles. The molecule has 0 aliphatic heterocycles. The average molecular weight is 873 g/mol. The highest BCUT2D eigenvalue weighted by Crippen LogP contribution is 2.38. The van der Waals surface area contributed by atoms with Crippen molar-refractivity contribution < 1.29 is 46.8 Å². The van der Waals surface area contributed by atoms with Gasteiger partial charge in [0.2, 0.25) is 5.91 Å². The highest BCUT2D eigenvalue weighted by Gasteiger charge is 2.22. The van der Waals surface area contributed by atoms with Crippen molar-refractivity contribution in [2.75, 3.05) is 59.4 Å². The number of anilines is 2. The zero-order valence-electron chi connectivity index (χ0n) is 35.2. The van der Waals surface area contributed by atoms with Crippen LogP contribution in [0.2, 0.25) is 10.0 Å². The number of phosphoric ester groups is 1. The number of carbonyl (C=O) groups excluding carboxylic acids is 3. The number of amides is 1. The number of benzene rings is 2. The van der Waals surface area contributed by atoms with Crippen LogP contribution in [0.25, 0.3) is 0 Å². The van der Waals surface area contributed by atoms with Crippen molar-refractivity contribution in [3.05, 3.63) is 58.1 Å². The van der Waals surface area contributed by atoms with Gasteiger partial charge in [0.15, 0.2) is 6.10 Å². The molecule has 0 fully saturated rings. The van der Waals surface area contributed by atoms with E-state index in [1.165, 1.54) is 70.6 Å². The second-order valence-electron chi connectivity index (χ2n) is 15.7. The predicted molar refractivity (Wildman–Crippen MR) is 230 cm³/mol. The van der Waals surface area contributed by atoms with Gasteiger partial charge in [-0.25, -0.2) is 0 Å². The Bertz CT molecular complexity index is 1520. The van der Waals surface area contributed by atoms with Gasteiger partial charge < -0.3 is 38.5 Å². The fraction of sp³-hybridized carbons (Fsp3) is 0.651. The molecule has 0 heterocycles. The third-order valence-electron chi connectivity index (χ3n) is 9.38. The zero-order valence-corrected chi connectivity index (χ0v) is 37.6. The summed E-state index contributed by atoms with van der Waals surface area (Å²) < 4.78 is 33.7. The van der Waals surface area contributed by atoms with Crippen molar-refractivity contribution in [1.82, 2.24) is 5.32 Å². The van der Waals surface area contributed by atoms with E-state index in [4.69, 9.17) is 41.7 Å². The molecule has 0 aromatic heterocycles. The van der Waals surface area contributed by atoms with Crippen LogP contribution in [0.4, 0.5) is 11.4 Å². The Kier molecular flexibility index (Phi) is 26.2. The number of halogens is 2. The molecule has 2 aromatic rings. The van der Waals surface area contributed by atoms with Gasteiger partial charge in [-0.3, -0.25) is 18.9 Å². The Morgan fingerprint density at radius 3 is 1.90 bits per heavy atom. The van der Waals surface area contributed by atoms with E-state index in [0.717, 1.165) is 19.3 Å². The summed E-state index contributed by atoms with van der Waals surface area (Å²) in [5.41, 5.74) is 1.83. The van der Waals surface area contributed by atoms with Crippen LogP contribution in [0, 0.1) is 0 Å². The van der Waals surface area contributed by atoms with E-state index in [1.807, 2.05) is 27.2 Å². The molecule has 2 N–H and O–H groups in total. The average Bonchev–Trinajstić information content (AvgIpc) is 3.16. The molecule has 0 aliphatic carbocycles. The van der Waals surface area contributed by atoms with Crippen molar-refractivity contribution in [3.63, 3.8) is 0 Å². The van der Waals surface area contributed by atoms with Crippen LogP contribution in [0.15, 0.2) is 42.5 Å². The largest absolute Gasteiger partial charge is 0.756 e. The summed E-state index contributed by atoms with van der Waals surface area (Å²) in [5.74, 6) is -1.56. The summed E-state index contributed by atoms with van der Waals surface area (Å²) in [6.07, 6.45) is 17.0. The Morgan fingerprint density at radius 2 is 1.31 bits per heavy atom. The number of unbranched alkanes of at least 4 members (excludes halogenated alkanes) is 14. The normalized spacial score (nSPS) is 13.1. The molecule has 2 atom stereocenters. The molecule has 2 aromatic carbocycles. The molecule has 0 saturated carbocycles. The van der Waals surface area contributed by atoms with Crippen LogP contribution >= 0.6 is 31.0 Å². The van der Waals surface area contributed by atoms with E-state index in [2.05, 4.69) is 17.6 Å². The Hall–Kier alpha value is -2.70. The number of nitrogens with one attached hydrogen (secondary N) is 2. The predicted octanol–water partition coefficient (Wildman–Crippen LogP) is 9.71. The van der Waals surface area contributed by atoms with Gasteiger partial charge >= 0.3 is 11.9 Å². The van der Waals surface area contributed by atoms with E-state index < -0.39 is 39.1 Å². The molecule has 2 rings (SSSR count). The third kappa shape index (κ3) is 25.0. The number of carbonyl (C=O) groups is 3. The number of phosphoric acid groups is 1. The van der Waals surface area contributed by atoms with Crippen molar-refractivity contribution in [2.45, 2.75) is 129 Å². The summed E-state index contributed by atoms with van der Waals surface area (Å²) in [7, 11) is 0.930. The number of para-hydroxylation sites is 2. The summed E-state index contributed by atoms with van der Waals surface area (Å²) in [6.45, 7) is 1.51. The number of hydrogen-bond acceptors (Lipinski definition) is 10. The van der Waals surface area contributed by atoms with E-state index >= 15 is 0 Å². The maximum absolute atomic E-state index is 12.8. The molecule has 12 nitrogen and oxygen atoms in total. The number of hydrogen-bond donors (Lipinski definition) is 2. The highest BCUT2D eigenvalue weighted by atomic mass is 35.5. The number of ether oxygens (including phenoxy) is 2. The van der Waals surface area contributed by atoms with Crippen LogP contribution in [0.3, 0.4) is 0 Å². The second kappa shape index (κ2) is 29.5. The van der Waals surface area contributed by atoms with Crippen molar-refractivity contribution >= 4 is 60.2 Å². The third-order valence-corrected chi connectivity index (χ3v) is 11.0. The number of quaternary nitrogens is 1.